The van der Waals surface area contributed by atoms with Crippen LogP contribution in [-0.4, -0.2) is 21.0 Å². The summed E-state index contributed by atoms with van der Waals surface area (Å²) in [5.74, 6) is 2.17. The molecule has 2 bridgehead atoms. The van der Waals surface area contributed by atoms with Crippen molar-refractivity contribution in [3.8, 4) is 10.7 Å². The number of carbonyl (C=O) groups is 1. The molecule has 0 aromatic carbocycles. The van der Waals surface area contributed by atoms with Crippen LogP contribution in [0.25, 0.3) is 10.7 Å². The molecule has 1 amide bonds. The topological polar surface area (TPSA) is 80.9 Å². The highest BCUT2D eigenvalue weighted by Crippen LogP contribution is 2.56. The standard InChI is InChI=1S/C19H20N4O2S2/c1-10-2-5-13(27-10)17-22-19(25-23-17)16-12-4-3-11(8-12)15(16)18(24)21-9-14-20-6-7-26-14/h2,5-7,11-12,15-16H,3-4,8-9H2,1H3,(H,21,24)/t11-,12+,15-,16-/m0/s1. The van der Waals surface area contributed by atoms with Crippen molar-refractivity contribution in [1.82, 2.24) is 20.4 Å². The molecule has 5 rings (SSSR count). The van der Waals surface area contributed by atoms with Gasteiger partial charge in [-0.1, -0.05) is 5.16 Å². The third-order valence-corrected chi connectivity index (χ3v) is 7.58. The predicted molar refractivity (Wildman–Crippen MR) is 103 cm³/mol. The van der Waals surface area contributed by atoms with E-state index in [0.29, 0.717) is 30.1 Å². The fourth-order valence-corrected chi connectivity index (χ4v) is 6.02. The number of fused-ring (bicyclic) bond motifs is 2. The van der Waals surface area contributed by atoms with Gasteiger partial charge in [0, 0.05) is 16.5 Å². The molecule has 140 valence electrons. The lowest BCUT2D eigenvalue weighted by molar-refractivity contribution is -0.127. The largest absolute Gasteiger partial charge is 0.349 e. The summed E-state index contributed by atoms with van der Waals surface area (Å²) in [5, 5.41) is 10.1. The second-order valence-corrected chi connectivity index (χ2v) is 9.66. The molecule has 4 atom stereocenters. The summed E-state index contributed by atoms with van der Waals surface area (Å²) in [6, 6.07) is 4.08. The summed E-state index contributed by atoms with van der Waals surface area (Å²) < 4.78 is 5.65. The van der Waals surface area contributed by atoms with Gasteiger partial charge in [-0.2, -0.15) is 4.98 Å². The molecule has 6 nitrogen and oxygen atoms in total. The second-order valence-electron chi connectivity index (χ2n) is 7.39. The molecule has 3 heterocycles. The van der Waals surface area contributed by atoms with Crippen LogP contribution in [0.1, 0.15) is 41.0 Å². The first-order valence-electron chi connectivity index (χ1n) is 9.25. The monoisotopic (exact) mass is 400 g/mol. The van der Waals surface area contributed by atoms with E-state index >= 15 is 0 Å². The first kappa shape index (κ1) is 17.1. The highest BCUT2D eigenvalue weighted by atomic mass is 32.1. The minimum Gasteiger partial charge on any atom is -0.349 e. The van der Waals surface area contributed by atoms with Gasteiger partial charge in [0.2, 0.25) is 17.6 Å². The summed E-state index contributed by atoms with van der Waals surface area (Å²) in [7, 11) is 0. The molecule has 8 heteroatoms. The van der Waals surface area contributed by atoms with Crippen molar-refractivity contribution in [1.29, 1.82) is 0 Å². The Morgan fingerprint density at radius 1 is 1.33 bits per heavy atom. The molecule has 0 spiro atoms. The minimum atomic E-state index is -0.0814. The number of aromatic nitrogens is 3. The van der Waals surface area contributed by atoms with Crippen molar-refractivity contribution >= 4 is 28.6 Å². The lowest BCUT2D eigenvalue weighted by Gasteiger charge is -2.27. The van der Waals surface area contributed by atoms with Gasteiger partial charge >= 0.3 is 0 Å². The van der Waals surface area contributed by atoms with E-state index in [9.17, 15) is 4.79 Å². The van der Waals surface area contributed by atoms with E-state index in [1.54, 1.807) is 28.9 Å². The van der Waals surface area contributed by atoms with Crippen molar-refractivity contribution < 1.29 is 9.32 Å². The summed E-state index contributed by atoms with van der Waals surface area (Å²) >= 11 is 3.21. The van der Waals surface area contributed by atoms with Gasteiger partial charge in [-0.15, -0.1) is 22.7 Å². The molecule has 2 fully saturated rings. The first-order chi connectivity index (χ1) is 13.2. The van der Waals surface area contributed by atoms with Gasteiger partial charge in [-0.25, -0.2) is 4.98 Å². The Bertz CT molecular complexity index is 949. The molecule has 3 aromatic rings. The van der Waals surface area contributed by atoms with E-state index < -0.39 is 0 Å². The Kier molecular flexibility index (Phi) is 4.32. The molecule has 1 N–H and O–H groups in total. The van der Waals surface area contributed by atoms with E-state index in [1.807, 2.05) is 11.4 Å². The Morgan fingerprint density at radius 3 is 3.00 bits per heavy atom. The van der Waals surface area contributed by atoms with Crippen molar-refractivity contribution in [3.63, 3.8) is 0 Å². The highest BCUT2D eigenvalue weighted by Gasteiger charge is 2.53. The molecular weight excluding hydrogens is 380 g/mol. The van der Waals surface area contributed by atoms with Crippen LogP contribution in [-0.2, 0) is 11.3 Å². The Balaban J connectivity index is 1.37. The molecular formula is C19H20N4O2S2. The predicted octanol–water partition coefficient (Wildman–Crippen LogP) is 4.01. The van der Waals surface area contributed by atoms with Crippen LogP contribution >= 0.6 is 22.7 Å². The summed E-state index contributed by atoms with van der Waals surface area (Å²) in [5.41, 5.74) is 0. The van der Waals surface area contributed by atoms with Crippen LogP contribution < -0.4 is 5.32 Å². The number of amides is 1. The number of nitrogens with zero attached hydrogens (tertiary/aromatic N) is 3. The zero-order valence-corrected chi connectivity index (χ0v) is 16.6. The van der Waals surface area contributed by atoms with E-state index in [1.165, 1.54) is 4.88 Å². The molecule has 0 saturated heterocycles. The number of thiophene rings is 1. The molecule has 2 saturated carbocycles. The van der Waals surface area contributed by atoms with Crippen molar-refractivity contribution in [3.05, 3.63) is 39.5 Å². The van der Waals surface area contributed by atoms with E-state index in [-0.39, 0.29) is 17.7 Å². The fourth-order valence-electron chi connectivity index (χ4n) is 4.67. The number of thiazole rings is 1. The van der Waals surface area contributed by atoms with Crippen LogP contribution in [0, 0.1) is 24.7 Å². The van der Waals surface area contributed by atoms with Crippen LogP contribution in [0.3, 0.4) is 0 Å². The number of aryl methyl sites for hydroxylation is 1. The summed E-state index contributed by atoms with van der Waals surface area (Å²) in [4.78, 5) is 24.1. The number of hydrogen-bond donors (Lipinski definition) is 1. The SMILES string of the molecule is Cc1ccc(-c2noc([C@H]3[C@@H]4CC[C@@H](C4)[C@@H]3C(=O)NCc3nccs3)n2)s1. The summed E-state index contributed by atoms with van der Waals surface area (Å²) in [6.07, 6.45) is 5.09. The van der Waals surface area contributed by atoms with Crippen molar-refractivity contribution in [2.45, 2.75) is 38.6 Å². The molecule has 27 heavy (non-hydrogen) atoms. The van der Waals surface area contributed by atoms with Crippen LogP contribution in [0.5, 0.6) is 0 Å². The summed E-state index contributed by atoms with van der Waals surface area (Å²) in [6.45, 7) is 2.55. The Hall–Kier alpha value is -2.06. The zero-order chi connectivity index (χ0) is 18.4. The average molecular weight is 401 g/mol. The number of carbonyl (C=O) groups excluding carboxylic acids is 1. The van der Waals surface area contributed by atoms with E-state index in [4.69, 9.17) is 4.52 Å². The molecule has 0 aliphatic heterocycles. The average Bonchev–Trinajstić information content (AvgIpc) is 3.47. The lowest BCUT2D eigenvalue weighted by atomic mass is 9.78. The molecule has 0 unspecified atom stereocenters. The smallest absolute Gasteiger partial charge is 0.231 e. The minimum absolute atomic E-state index is 0.0300. The van der Waals surface area contributed by atoms with Gasteiger partial charge < -0.3 is 9.84 Å². The number of nitrogens with one attached hydrogen (secondary N) is 1. The molecule has 2 aliphatic rings. The maximum absolute atomic E-state index is 13.0. The van der Waals surface area contributed by atoms with Crippen molar-refractivity contribution in [2.75, 3.05) is 0 Å². The second kappa shape index (κ2) is 6.83. The van der Waals surface area contributed by atoms with Gasteiger partial charge in [0.25, 0.3) is 0 Å². The van der Waals surface area contributed by atoms with Gasteiger partial charge in [-0.05, 0) is 50.2 Å². The molecule has 2 aliphatic carbocycles. The normalized spacial score (nSPS) is 26.6. The third-order valence-electron chi connectivity index (χ3n) is 5.80. The number of rotatable bonds is 5. The molecule has 3 aromatic heterocycles. The zero-order valence-electron chi connectivity index (χ0n) is 14.9. The number of hydrogen-bond acceptors (Lipinski definition) is 7. The van der Waals surface area contributed by atoms with Gasteiger partial charge in [0.05, 0.1) is 23.3 Å². The van der Waals surface area contributed by atoms with Gasteiger partial charge in [0.1, 0.15) is 5.01 Å². The quantitative estimate of drug-likeness (QED) is 0.700. The van der Waals surface area contributed by atoms with Gasteiger partial charge in [0.15, 0.2) is 0 Å². The van der Waals surface area contributed by atoms with Crippen molar-refractivity contribution in [2.24, 2.45) is 17.8 Å². The molecule has 0 radical (unpaired) electrons. The van der Waals surface area contributed by atoms with Gasteiger partial charge in [-0.3, -0.25) is 4.79 Å². The highest BCUT2D eigenvalue weighted by molar-refractivity contribution is 7.15. The Labute approximate surface area is 165 Å². The maximum Gasteiger partial charge on any atom is 0.231 e. The first-order valence-corrected chi connectivity index (χ1v) is 10.9. The third kappa shape index (κ3) is 3.10. The van der Waals surface area contributed by atoms with Crippen LogP contribution in [0.15, 0.2) is 28.2 Å². The maximum atomic E-state index is 13.0. The lowest BCUT2D eigenvalue weighted by Crippen LogP contribution is -2.37. The van der Waals surface area contributed by atoms with Crippen LogP contribution in [0.4, 0.5) is 0 Å². The fraction of sp³-hybridized carbons (Fsp3) is 0.474. The Morgan fingerprint density at radius 2 is 2.22 bits per heavy atom. The van der Waals surface area contributed by atoms with E-state index in [2.05, 4.69) is 33.4 Å². The van der Waals surface area contributed by atoms with E-state index in [0.717, 1.165) is 29.1 Å². The van der Waals surface area contributed by atoms with Crippen LogP contribution in [0.2, 0.25) is 0 Å².